The number of hydrogen-bond donors (Lipinski definition) is 0. The first-order valence-electron chi connectivity index (χ1n) is 15.0. The van der Waals surface area contributed by atoms with E-state index in [1.165, 1.54) is 112 Å². The average molecular weight is 685 g/mol. The van der Waals surface area contributed by atoms with E-state index in [4.69, 9.17) is 40.4 Å². The SMILES string of the molecule is CCCCCCCCCCCCCCCC[P+](c1ccccc1)(c1ccccc1)c1ccccc1.[Cl][Fe-]([Cl])([Cl])[Cl]. The second kappa shape index (κ2) is 21.5. The Morgan fingerprint density at radius 2 is 0.675 bits per heavy atom. The van der Waals surface area contributed by atoms with Crippen LogP contribution in [0.2, 0.25) is 0 Å². The topological polar surface area (TPSA) is 0 Å². The van der Waals surface area contributed by atoms with Crippen molar-refractivity contribution < 1.29 is 9.20 Å². The molecule has 0 saturated heterocycles. The van der Waals surface area contributed by atoms with Gasteiger partial charge in [0.25, 0.3) is 0 Å². The summed E-state index contributed by atoms with van der Waals surface area (Å²) in [6, 6.07) is 34.0. The second-order valence-corrected chi connectivity index (χ2v) is 25.0. The fourth-order valence-electron chi connectivity index (χ4n) is 5.43. The Morgan fingerprint density at radius 3 is 0.950 bits per heavy atom. The van der Waals surface area contributed by atoms with Gasteiger partial charge in [0.05, 0.1) is 6.16 Å². The minimum absolute atomic E-state index is 1.27. The van der Waals surface area contributed by atoms with Crippen molar-refractivity contribution in [2.45, 2.75) is 96.8 Å². The molecule has 0 nitrogen and oxygen atoms in total. The monoisotopic (exact) mass is 683 g/mol. The van der Waals surface area contributed by atoms with E-state index in [0.29, 0.717) is 0 Å². The van der Waals surface area contributed by atoms with Crippen molar-refractivity contribution in [2.75, 3.05) is 6.16 Å². The van der Waals surface area contributed by atoms with Crippen LogP contribution in [0.15, 0.2) is 91.0 Å². The summed E-state index contributed by atoms with van der Waals surface area (Å²) in [6.45, 7) is 2.30. The van der Waals surface area contributed by atoms with Crippen molar-refractivity contribution in [2.24, 2.45) is 0 Å². The molecule has 0 aliphatic rings. The molecule has 0 aromatic heterocycles. The summed E-state index contributed by atoms with van der Waals surface area (Å²) in [5.41, 5.74) is 0. The molecule has 0 aliphatic carbocycles. The van der Waals surface area contributed by atoms with Crippen LogP contribution in [0.1, 0.15) is 96.8 Å². The zero-order valence-electron chi connectivity index (χ0n) is 24.1. The van der Waals surface area contributed by atoms with E-state index in [0.717, 1.165) is 0 Å². The Morgan fingerprint density at radius 1 is 0.425 bits per heavy atom. The quantitative estimate of drug-likeness (QED) is 0.0710. The van der Waals surface area contributed by atoms with Crippen LogP contribution in [-0.4, -0.2) is 6.16 Å². The van der Waals surface area contributed by atoms with Crippen LogP contribution >= 0.6 is 47.7 Å². The maximum absolute atomic E-state index is 4.95. The summed E-state index contributed by atoms with van der Waals surface area (Å²) in [5.74, 6) is 0. The van der Waals surface area contributed by atoms with E-state index in [2.05, 4.69) is 97.9 Å². The molecule has 0 spiro atoms. The Bertz CT molecular complexity index is 894. The molecule has 0 unspecified atom stereocenters. The van der Waals surface area contributed by atoms with Crippen molar-refractivity contribution in [3.05, 3.63) is 91.0 Å². The van der Waals surface area contributed by atoms with Gasteiger partial charge in [0.15, 0.2) is 0 Å². The first-order valence-corrected chi connectivity index (χ1v) is 23.0. The van der Waals surface area contributed by atoms with Crippen LogP contribution in [0.5, 0.6) is 0 Å². The summed E-state index contributed by atoms with van der Waals surface area (Å²) in [5, 5.41) is 4.56. The maximum atomic E-state index is 4.95. The molecular formula is C34H48Cl4FeP. The van der Waals surface area contributed by atoms with Gasteiger partial charge in [0.2, 0.25) is 0 Å². The van der Waals surface area contributed by atoms with Gasteiger partial charge in [-0.15, -0.1) is 0 Å². The molecule has 0 radical (unpaired) electrons. The van der Waals surface area contributed by atoms with Gasteiger partial charge in [-0.25, -0.2) is 0 Å². The van der Waals surface area contributed by atoms with Crippen LogP contribution in [0.25, 0.3) is 0 Å². The second-order valence-electron chi connectivity index (χ2n) is 10.4. The number of unbranched alkanes of at least 4 members (excludes halogenated alkanes) is 13. The third-order valence-electron chi connectivity index (χ3n) is 7.44. The first kappa shape index (κ1) is 36.0. The summed E-state index contributed by atoms with van der Waals surface area (Å²) in [6.07, 6.45) is 21.0. The van der Waals surface area contributed by atoms with Gasteiger partial charge in [-0.3, -0.25) is 0 Å². The van der Waals surface area contributed by atoms with Crippen LogP contribution < -0.4 is 15.9 Å². The molecule has 0 saturated carbocycles. The standard InChI is InChI=1S/C34H48P.4ClH.Fe/c1-2-3-4-5-6-7-8-9-10-11-12-13-14-24-31-35(32-25-18-15-19-26-32,33-27-20-16-21-28-33)34-29-22-17-23-30-34;;;;;/h15-23,25-30H,2-14,24,31H2,1H3;4*1H;/q+1;;;;;+3/p-4. The molecule has 6 heteroatoms. The van der Waals surface area contributed by atoms with Crippen molar-refractivity contribution in [3.8, 4) is 0 Å². The number of rotatable bonds is 18. The molecular weight excluding hydrogens is 637 g/mol. The zero-order chi connectivity index (χ0) is 28.9. The molecule has 0 aliphatic heterocycles. The van der Waals surface area contributed by atoms with Gasteiger partial charge in [-0.1, -0.05) is 139 Å². The summed E-state index contributed by atoms with van der Waals surface area (Å²) >= 11 is 0. The van der Waals surface area contributed by atoms with E-state index in [-0.39, 0.29) is 0 Å². The van der Waals surface area contributed by atoms with Crippen molar-refractivity contribution in [1.82, 2.24) is 0 Å². The molecule has 40 heavy (non-hydrogen) atoms. The van der Waals surface area contributed by atoms with Gasteiger partial charge in [-0.05, 0) is 49.2 Å². The molecule has 3 aromatic rings. The van der Waals surface area contributed by atoms with Crippen LogP contribution in [0, 0.1) is 0 Å². The molecule has 3 rings (SSSR count). The molecule has 0 N–H and O–H groups in total. The van der Waals surface area contributed by atoms with Crippen molar-refractivity contribution in [1.29, 1.82) is 0 Å². The molecule has 0 bridgehead atoms. The van der Waals surface area contributed by atoms with Gasteiger partial charge in [0, 0.05) is 0 Å². The molecule has 0 heterocycles. The predicted octanol–water partition coefficient (Wildman–Crippen LogP) is 12.2. The fraction of sp³-hybridized carbons (Fsp3) is 0.471. The van der Waals surface area contributed by atoms with E-state index >= 15 is 0 Å². The molecule has 0 amide bonds. The minimum atomic E-state index is -2.61. The normalized spacial score (nSPS) is 12.0. The summed E-state index contributed by atoms with van der Waals surface area (Å²) in [7, 11) is 15.6. The Balaban J connectivity index is 0.00000103. The van der Waals surface area contributed by atoms with E-state index in [1.807, 2.05) is 0 Å². The van der Waals surface area contributed by atoms with Gasteiger partial charge < -0.3 is 0 Å². The van der Waals surface area contributed by atoms with Gasteiger partial charge in [0.1, 0.15) is 23.2 Å². The summed E-state index contributed by atoms with van der Waals surface area (Å²) < 4.78 is 0. The van der Waals surface area contributed by atoms with Gasteiger partial charge >= 0.3 is 49.6 Å². The Hall–Kier alpha value is -0.231. The van der Waals surface area contributed by atoms with E-state index < -0.39 is 16.5 Å². The Labute approximate surface area is 265 Å². The molecule has 0 fully saturated rings. The zero-order valence-corrected chi connectivity index (χ0v) is 29.1. The number of hydrogen-bond acceptors (Lipinski definition) is 0. The van der Waals surface area contributed by atoms with Crippen LogP contribution in [0.3, 0.4) is 0 Å². The summed E-state index contributed by atoms with van der Waals surface area (Å²) in [4.78, 5) is 0. The van der Waals surface area contributed by atoms with E-state index in [1.54, 1.807) is 0 Å². The third-order valence-corrected chi connectivity index (χ3v) is 12.0. The third kappa shape index (κ3) is 14.8. The Kier molecular flexibility index (Phi) is 19.3. The average Bonchev–Trinajstić information content (AvgIpc) is 2.96. The van der Waals surface area contributed by atoms with Gasteiger partial charge in [-0.2, -0.15) is 0 Å². The fourth-order valence-corrected chi connectivity index (χ4v) is 9.84. The first-order chi connectivity index (χ1) is 19.4. The number of halogens is 4. The van der Waals surface area contributed by atoms with Crippen molar-refractivity contribution in [3.63, 3.8) is 0 Å². The predicted molar refractivity (Wildman–Crippen MR) is 184 cm³/mol. The van der Waals surface area contributed by atoms with Crippen LogP contribution in [-0.2, 0) is 9.20 Å². The van der Waals surface area contributed by atoms with Crippen molar-refractivity contribution >= 4 is 63.6 Å². The molecule has 3 aromatic carbocycles. The molecule has 0 atom stereocenters. The molecule has 225 valence electrons. The van der Waals surface area contributed by atoms with E-state index in [9.17, 15) is 0 Å². The number of benzene rings is 3. The van der Waals surface area contributed by atoms with Crippen LogP contribution in [0.4, 0.5) is 0 Å².